The maximum absolute atomic E-state index is 11.7. The fourth-order valence-corrected chi connectivity index (χ4v) is 3.37. The molecular formula is C18H17N3O4S. The van der Waals surface area contributed by atoms with Crippen LogP contribution in [0.1, 0.15) is 6.42 Å². The molecule has 0 bridgehead atoms. The van der Waals surface area contributed by atoms with Crippen LogP contribution >= 0.6 is 11.8 Å². The van der Waals surface area contributed by atoms with E-state index >= 15 is 0 Å². The largest absolute Gasteiger partial charge is 0.480 e. The van der Waals surface area contributed by atoms with Crippen LogP contribution in [0.2, 0.25) is 0 Å². The number of fused-ring (bicyclic) bond motifs is 2. The van der Waals surface area contributed by atoms with Gasteiger partial charge in [0.1, 0.15) is 11.4 Å². The molecule has 0 saturated heterocycles. The Kier molecular flexibility index (Phi) is 5.22. The number of nitro benzene ring substituents is 1. The van der Waals surface area contributed by atoms with E-state index in [4.69, 9.17) is 0 Å². The predicted octanol–water partition coefficient (Wildman–Crippen LogP) is 3.91. The van der Waals surface area contributed by atoms with Gasteiger partial charge in [0.2, 0.25) is 0 Å². The number of hydrogen-bond donors (Lipinski definition) is 2. The summed E-state index contributed by atoms with van der Waals surface area (Å²) in [6, 6.07) is 11.0. The molecule has 1 aromatic heterocycles. The highest BCUT2D eigenvalue weighted by Gasteiger charge is 2.23. The van der Waals surface area contributed by atoms with E-state index in [1.54, 1.807) is 42.1 Å². The van der Waals surface area contributed by atoms with Crippen molar-refractivity contribution in [3.8, 4) is 0 Å². The highest BCUT2D eigenvalue weighted by Crippen LogP contribution is 2.37. The minimum Gasteiger partial charge on any atom is -0.480 e. The van der Waals surface area contributed by atoms with E-state index in [9.17, 15) is 20.0 Å². The topological polar surface area (TPSA) is 105 Å². The molecule has 0 saturated carbocycles. The van der Waals surface area contributed by atoms with Gasteiger partial charge in [-0.1, -0.05) is 24.3 Å². The first kappa shape index (κ1) is 17.9. The molecule has 0 aliphatic carbocycles. The van der Waals surface area contributed by atoms with E-state index in [-0.39, 0.29) is 5.69 Å². The third-order valence-electron chi connectivity index (χ3n) is 4.11. The Morgan fingerprint density at radius 3 is 2.69 bits per heavy atom. The summed E-state index contributed by atoms with van der Waals surface area (Å²) < 4.78 is 0. The van der Waals surface area contributed by atoms with Crippen molar-refractivity contribution in [2.75, 3.05) is 17.3 Å². The molecule has 0 aliphatic heterocycles. The number of thioether (sulfide) groups is 1. The number of nitro groups is 1. The molecular weight excluding hydrogens is 354 g/mol. The number of carbonyl (C=O) groups is 1. The lowest BCUT2D eigenvalue weighted by molar-refractivity contribution is -0.383. The molecule has 8 heteroatoms. The van der Waals surface area contributed by atoms with E-state index in [2.05, 4.69) is 10.3 Å². The van der Waals surface area contributed by atoms with Crippen LogP contribution < -0.4 is 5.32 Å². The molecule has 2 aromatic carbocycles. The van der Waals surface area contributed by atoms with E-state index < -0.39 is 16.9 Å². The van der Waals surface area contributed by atoms with Crippen molar-refractivity contribution in [2.45, 2.75) is 12.5 Å². The van der Waals surface area contributed by atoms with Gasteiger partial charge >= 0.3 is 5.97 Å². The van der Waals surface area contributed by atoms with E-state index in [0.29, 0.717) is 39.7 Å². The summed E-state index contributed by atoms with van der Waals surface area (Å²) in [6.07, 6.45) is 2.30. The minimum absolute atomic E-state index is 0.0998. The van der Waals surface area contributed by atoms with Gasteiger partial charge in [0.05, 0.1) is 21.6 Å². The Bertz CT molecular complexity index is 993. The number of carboxylic acids is 1. The zero-order valence-corrected chi connectivity index (χ0v) is 14.8. The first-order valence-corrected chi connectivity index (χ1v) is 9.36. The number of anilines is 1. The predicted molar refractivity (Wildman–Crippen MR) is 104 cm³/mol. The Morgan fingerprint density at radius 1 is 1.27 bits per heavy atom. The normalized spacial score (nSPS) is 12.2. The minimum atomic E-state index is -0.994. The zero-order valence-electron chi connectivity index (χ0n) is 14.0. The van der Waals surface area contributed by atoms with Gasteiger partial charge in [-0.25, -0.2) is 9.78 Å². The zero-order chi connectivity index (χ0) is 18.7. The molecule has 0 aliphatic rings. The molecule has 1 atom stereocenters. The molecule has 0 spiro atoms. The molecule has 3 rings (SSSR count). The summed E-state index contributed by atoms with van der Waals surface area (Å²) in [5.41, 5.74) is 1.44. The number of hydrogen-bond acceptors (Lipinski definition) is 6. The van der Waals surface area contributed by atoms with Crippen molar-refractivity contribution in [1.29, 1.82) is 0 Å². The summed E-state index contributed by atoms with van der Waals surface area (Å²) in [5.74, 6) is -0.334. The maximum atomic E-state index is 11.7. The first-order valence-electron chi connectivity index (χ1n) is 7.97. The number of carboxylic acid groups (broad SMARTS) is 1. The summed E-state index contributed by atoms with van der Waals surface area (Å²) in [4.78, 5) is 27.2. The second kappa shape index (κ2) is 7.57. The molecule has 0 radical (unpaired) electrons. The van der Waals surface area contributed by atoms with E-state index in [1.807, 2.05) is 12.3 Å². The van der Waals surface area contributed by atoms with Gasteiger partial charge < -0.3 is 10.4 Å². The third-order valence-corrected chi connectivity index (χ3v) is 4.75. The van der Waals surface area contributed by atoms with Crippen LogP contribution in [0.15, 0.2) is 42.5 Å². The molecule has 7 nitrogen and oxygen atoms in total. The van der Waals surface area contributed by atoms with Crippen molar-refractivity contribution >= 4 is 50.9 Å². The number of para-hydroxylation sites is 1. The Hall–Kier alpha value is -2.87. The number of non-ortho nitro benzene ring substituents is 1. The number of aromatic nitrogens is 1. The van der Waals surface area contributed by atoms with Crippen LogP contribution in [0, 0.1) is 10.1 Å². The van der Waals surface area contributed by atoms with Crippen LogP contribution in [-0.2, 0) is 4.79 Å². The van der Waals surface area contributed by atoms with Crippen LogP contribution in [0.3, 0.4) is 0 Å². The van der Waals surface area contributed by atoms with Gasteiger partial charge in [0, 0.05) is 11.5 Å². The highest BCUT2D eigenvalue weighted by molar-refractivity contribution is 7.98. The second-order valence-electron chi connectivity index (χ2n) is 5.75. The van der Waals surface area contributed by atoms with Gasteiger partial charge in [0.15, 0.2) is 0 Å². The molecule has 26 heavy (non-hydrogen) atoms. The number of nitrogens with zero attached hydrogens (tertiary/aromatic N) is 2. The van der Waals surface area contributed by atoms with Crippen LogP contribution in [-0.4, -0.2) is 39.0 Å². The number of aliphatic carboxylic acids is 1. The molecule has 0 fully saturated rings. The fraction of sp³-hybridized carbons (Fsp3) is 0.222. The van der Waals surface area contributed by atoms with Crippen LogP contribution in [0.25, 0.3) is 21.8 Å². The number of pyridine rings is 1. The summed E-state index contributed by atoms with van der Waals surface area (Å²) in [7, 11) is 0. The van der Waals surface area contributed by atoms with Crippen molar-refractivity contribution in [2.24, 2.45) is 0 Å². The lowest BCUT2D eigenvalue weighted by Gasteiger charge is -2.18. The van der Waals surface area contributed by atoms with Crippen molar-refractivity contribution < 1.29 is 14.8 Å². The average Bonchev–Trinajstić information content (AvgIpc) is 2.63. The van der Waals surface area contributed by atoms with Gasteiger partial charge in [0.25, 0.3) is 5.69 Å². The molecule has 3 aromatic rings. The van der Waals surface area contributed by atoms with Crippen LogP contribution in [0.5, 0.6) is 0 Å². The van der Waals surface area contributed by atoms with Crippen molar-refractivity contribution in [1.82, 2.24) is 4.98 Å². The highest BCUT2D eigenvalue weighted by atomic mass is 32.2. The summed E-state index contributed by atoms with van der Waals surface area (Å²) in [5, 5.41) is 25.1. The lowest BCUT2D eigenvalue weighted by Crippen LogP contribution is -2.30. The summed E-state index contributed by atoms with van der Waals surface area (Å²) in [6.45, 7) is 0. The molecule has 1 heterocycles. The monoisotopic (exact) mass is 371 g/mol. The standard InChI is InChI=1S/C18H17N3O4S/c1-26-10-9-14(18(22)23)20-17-11-5-2-3-6-12(11)19-13-7-4-8-15(16(13)17)21(24)25/h2-8,14H,9-10H2,1H3,(H,19,20)(H,22,23)/t14-/m0/s1. The maximum Gasteiger partial charge on any atom is 0.326 e. The third kappa shape index (κ3) is 3.41. The van der Waals surface area contributed by atoms with E-state index in [0.717, 1.165) is 0 Å². The fourth-order valence-electron chi connectivity index (χ4n) is 2.89. The second-order valence-corrected chi connectivity index (χ2v) is 6.73. The Balaban J connectivity index is 2.27. The lowest BCUT2D eigenvalue weighted by atomic mass is 10.0. The molecule has 134 valence electrons. The molecule has 2 N–H and O–H groups in total. The van der Waals surface area contributed by atoms with Gasteiger partial charge in [-0.3, -0.25) is 10.1 Å². The van der Waals surface area contributed by atoms with Crippen molar-refractivity contribution in [3.05, 3.63) is 52.6 Å². The summed E-state index contributed by atoms with van der Waals surface area (Å²) >= 11 is 1.55. The Morgan fingerprint density at radius 2 is 2.00 bits per heavy atom. The first-order chi connectivity index (χ1) is 12.5. The van der Waals surface area contributed by atoms with Gasteiger partial charge in [-0.2, -0.15) is 11.8 Å². The van der Waals surface area contributed by atoms with Crippen LogP contribution in [0.4, 0.5) is 11.4 Å². The quantitative estimate of drug-likeness (QED) is 0.368. The average molecular weight is 371 g/mol. The van der Waals surface area contributed by atoms with Gasteiger partial charge in [-0.05, 0) is 30.6 Å². The number of rotatable bonds is 7. The molecule has 0 unspecified atom stereocenters. The number of benzene rings is 2. The van der Waals surface area contributed by atoms with Gasteiger partial charge in [-0.15, -0.1) is 0 Å². The van der Waals surface area contributed by atoms with E-state index in [1.165, 1.54) is 6.07 Å². The smallest absolute Gasteiger partial charge is 0.326 e. The number of nitrogens with one attached hydrogen (secondary N) is 1. The van der Waals surface area contributed by atoms with Crippen molar-refractivity contribution in [3.63, 3.8) is 0 Å². The Labute approximate surface area is 153 Å². The molecule has 0 amide bonds. The SMILES string of the molecule is CSCC[C@H](Nc1c2ccccc2nc2cccc([N+](=O)[O-])c12)C(=O)O.